The van der Waals surface area contributed by atoms with Crippen molar-refractivity contribution in [2.75, 3.05) is 23.4 Å². The third kappa shape index (κ3) is 3.29. The van der Waals surface area contributed by atoms with Crippen LogP contribution in [0.4, 0.5) is 5.95 Å². The molecule has 0 unspecified atom stereocenters. The molecular formula is C11H11ClN4S. The fourth-order valence-electron chi connectivity index (χ4n) is 1.30. The van der Waals surface area contributed by atoms with Gasteiger partial charge < -0.3 is 5.32 Å². The molecule has 0 saturated carbocycles. The first-order valence-electron chi connectivity index (χ1n) is 5.06. The normalized spacial score (nSPS) is 10.4. The van der Waals surface area contributed by atoms with Gasteiger partial charge in [-0.3, -0.25) is 0 Å². The number of rotatable bonds is 5. The molecule has 0 saturated heterocycles. The minimum absolute atomic E-state index is 0.605. The van der Waals surface area contributed by atoms with Crippen LogP contribution < -0.4 is 5.32 Å². The molecule has 0 fully saturated rings. The molecule has 1 N–H and O–H groups in total. The van der Waals surface area contributed by atoms with Gasteiger partial charge in [0.05, 0.1) is 10.8 Å². The smallest absolute Gasteiger partial charge is 0.243 e. The number of nitrogens with zero attached hydrogens (tertiary/aromatic N) is 3. The number of aromatic nitrogens is 3. The van der Waals surface area contributed by atoms with Crippen molar-refractivity contribution in [1.29, 1.82) is 0 Å². The van der Waals surface area contributed by atoms with Crippen molar-refractivity contribution in [3.05, 3.63) is 23.4 Å². The Hall–Kier alpha value is -1.38. The molecule has 0 aromatic carbocycles. The average Bonchev–Trinajstić information content (AvgIpc) is 2.70. The van der Waals surface area contributed by atoms with Crippen LogP contribution in [0.3, 0.4) is 0 Å². The number of hydrogen-bond donors (Lipinski definition) is 1. The maximum absolute atomic E-state index is 5.86. The van der Waals surface area contributed by atoms with E-state index in [4.69, 9.17) is 18.0 Å². The van der Waals surface area contributed by atoms with Gasteiger partial charge in [0.15, 0.2) is 5.65 Å². The van der Waals surface area contributed by atoms with E-state index in [1.165, 1.54) is 0 Å². The van der Waals surface area contributed by atoms with Crippen molar-refractivity contribution in [3.8, 4) is 12.3 Å². The highest BCUT2D eigenvalue weighted by Gasteiger charge is 2.02. The van der Waals surface area contributed by atoms with Crippen LogP contribution in [0.25, 0.3) is 5.65 Å². The molecule has 88 valence electrons. The summed E-state index contributed by atoms with van der Waals surface area (Å²) in [5, 5.41) is 8.03. The molecule has 0 spiro atoms. The van der Waals surface area contributed by atoms with Crippen LogP contribution >= 0.6 is 23.4 Å². The highest BCUT2D eigenvalue weighted by Crippen LogP contribution is 2.11. The van der Waals surface area contributed by atoms with Crippen molar-refractivity contribution in [3.63, 3.8) is 0 Å². The number of anilines is 1. The molecule has 0 atom stereocenters. The summed E-state index contributed by atoms with van der Waals surface area (Å²) in [5.74, 6) is 4.85. The molecule has 0 aliphatic heterocycles. The van der Waals surface area contributed by atoms with Crippen LogP contribution in [-0.2, 0) is 0 Å². The molecule has 0 aliphatic rings. The van der Waals surface area contributed by atoms with E-state index < -0.39 is 0 Å². The fraction of sp³-hybridized carbons (Fsp3) is 0.273. The highest BCUT2D eigenvalue weighted by molar-refractivity contribution is 7.99. The largest absolute Gasteiger partial charge is 0.352 e. The van der Waals surface area contributed by atoms with Crippen LogP contribution in [0.1, 0.15) is 0 Å². The minimum Gasteiger partial charge on any atom is -0.352 e. The average molecular weight is 267 g/mol. The molecule has 2 heterocycles. The van der Waals surface area contributed by atoms with Gasteiger partial charge in [-0.1, -0.05) is 17.5 Å². The van der Waals surface area contributed by atoms with Crippen LogP contribution in [0, 0.1) is 12.3 Å². The Morgan fingerprint density at radius 3 is 3.24 bits per heavy atom. The fourth-order valence-corrected chi connectivity index (χ4v) is 1.96. The first kappa shape index (κ1) is 12.1. The minimum atomic E-state index is 0.605. The summed E-state index contributed by atoms with van der Waals surface area (Å²) in [4.78, 5) is 4.30. The summed E-state index contributed by atoms with van der Waals surface area (Å²) in [6, 6.07) is 3.62. The topological polar surface area (TPSA) is 42.2 Å². The van der Waals surface area contributed by atoms with E-state index in [2.05, 4.69) is 21.3 Å². The highest BCUT2D eigenvalue weighted by atomic mass is 35.5. The van der Waals surface area contributed by atoms with E-state index in [-0.39, 0.29) is 0 Å². The lowest BCUT2D eigenvalue weighted by atomic mass is 10.5. The van der Waals surface area contributed by atoms with E-state index in [0.717, 1.165) is 23.7 Å². The maximum Gasteiger partial charge on any atom is 0.243 e. The molecule has 17 heavy (non-hydrogen) atoms. The molecular weight excluding hydrogens is 256 g/mol. The number of thioether (sulfide) groups is 1. The second kappa shape index (κ2) is 5.80. The Kier molecular flexibility index (Phi) is 4.13. The predicted molar refractivity (Wildman–Crippen MR) is 72.6 cm³/mol. The van der Waals surface area contributed by atoms with Crippen LogP contribution in [0.5, 0.6) is 0 Å². The predicted octanol–water partition coefficient (Wildman–Crippen LogP) is 2.16. The molecule has 0 radical (unpaired) electrons. The summed E-state index contributed by atoms with van der Waals surface area (Å²) in [6.45, 7) is 0.789. The SMILES string of the molecule is C#CCSCCNc1nc2ccc(Cl)cn2n1. The molecule has 6 heteroatoms. The number of fused-ring (bicyclic) bond motifs is 1. The van der Waals surface area contributed by atoms with E-state index in [1.807, 2.05) is 6.07 Å². The number of halogens is 1. The van der Waals surface area contributed by atoms with Crippen molar-refractivity contribution in [1.82, 2.24) is 14.6 Å². The van der Waals surface area contributed by atoms with Crippen LogP contribution in [0.2, 0.25) is 5.02 Å². The van der Waals surface area contributed by atoms with Crippen molar-refractivity contribution in [2.45, 2.75) is 0 Å². The van der Waals surface area contributed by atoms with Gasteiger partial charge in [-0.25, -0.2) is 4.52 Å². The summed E-state index contributed by atoms with van der Waals surface area (Å²) < 4.78 is 1.65. The van der Waals surface area contributed by atoms with Gasteiger partial charge >= 0.3 is 0 Å². The molecule has 0 bridgehead atoms. The molecule has 0 amide bonds. The van der Waals surface area contributed by atoms with Crippen molar-refractivity contribution >= 4 is 35.0 Å². The summed E-state index contributed by atoms with van der Waals surface area (Å²) in [5.41, 5.74) is 0.771. The Labute approximate surface area is 109 Å². The molecule has 4 nitrogen and oxygen atoms in total. The van der Waals surface area contributed by atoms with Gasteiger partial charge in [-0.2, -0.15) is 4.98 Å². The molecule has 2 aromatic rings. The van der Waals surface area contributed by atoms with Gasteiger partial charge in [-0.05, 0) is 12.1 Å². The number of pyridine rings is 1. The Balaban J connectivity index is 1.93. The van der Waals surface area contributed by atoms with Crippen molar-refractivity contribution < 1.29 is 0 Å². The van der Waals surface area contributed by atoms with E-state index in [0.29, 0.717) is 11.0 Å². The second-order valence-corrected chi connectivity index (χ2v) is 4.81. The lowest BCUT2D eigenvalue weighted by Gasteiger charge is -1.98. The molecule has 2 rings (SSSR count). The molecule has 2 aromatic heterocycles. The van der Waals surface area contributed by atoms with Gasteiger partial charge in [0.2, 0.25) is 5.95 Å². The first-order valence-corrected chi connectivity index (χ1v) is 6.60. The Morgan fingerprint density at radius 2 is 2.41 bits per heavy atom. The lowest BCUT2D eigenvalue weighted by molar-refractivity contribution is 0.956. The zero-order valence-corrected chi connectivity index (χ0v) is 10.6. The van der Waals surface area contributed by atoms with Gasteiger partial charge in [0, 0.05) is 18.5 Å². The van der Waals surface area contributed by atoms with E-state index >= 15 is 0 Å². The van der Waals surface area contributed by atoms with Gasteiger partial charge in [0.25, 0.3) is 0 Å². The monoisotopic (exact) mass is 266 g/mol. The van der Waals surface area contributed by atoms with Gasteiger partial charge in [-0.15, -0.1) is 23.3 Å². The number of terminal acetylenes is 1. The number of nitrogens with one attached hydrogen (secondary N) is 1. The zero-order chi connectivity index (χ0) is 12.1. The van der Waals surface area contributed by atoms with E-state index in [1.54, 1.807) is 28.5 Å². The Morgan fingerprint density at radius 1 is 1.53 bits per heavy atom. The second-order valence-electron chi connectivity index (χ2n) is 3.27. The van der Waals surface area contributed by atoms with Crippen molar-refractivity contribution in [2.24, 2.45) is 0 Å². The molecule has 0 aliphatic carbocycles. The first-order chi connectivity index (χ1) is 8.29. The van der Waals surface area contributed by atoms with Gasteiger partial charge in [0.1, 0.15) is 0 Å². The Bertz CT molecular complexity index is 546. The standard InChI is InChI=1S/C11H11ClN4S/c1-2-6-17-7-5-13-11-14-10-4-3-9(12)8-16(10)15-11/h1,3-4,8H,5-7H2,(H,13,15). The third-order valence-electron chi connectivity index (χ3n) is 2.01. The van der Waals surface area contributed by atoms with Crippen LogP contribution in [0.15, 0.2) is 18.3 Å². The summed E-state index contributed by atoms with van der Waals surface area (Å²) in [6.07, 6.45) is 6.88. The lowest BCUT2D eigenvalue weighted by Crippen LogP contribution is -2.05. The zero-order valence-electron chi connectivity index (χ0n) is 9.06. The van der Waals surface area contributed by atoms with E-state index in [9.17, 15) is 0 Å². The summed E-state index contributed by atoms with van der Waals surface area (Å²) >= 11 is 7.56. The summed E-state index contributed by atoms with van der Waals surface area (Å²) in [7, 11) is 0. The maximum atomic E-state index is 5.86. The number of hydrogen-bond acceptors (Lipinski definition) is 4. The third-order valence-corrected chi connectivity index (χ3v) is 3.10. The quantitative estimate of drug-likeness (QED) is 0.665. The van der Waals surface area contributed by atoms with Crippen LogP contribution in [-0.4, -0.2) is 32.6 Å².